The number of hydrogen-bond acceptors (Lipinski definition) is 6. The molecule has 0 atom stereocenters. The van der Waals surface area contributed by atoms with E-state index in [1.165, 1.54) is 29.5 Å². The standard InChI is InChI=1S/C14H11ClFN5OS/c1-18-14-20-11(6-23-14)12-5-10(21-22-12)13(17)19-7-2-3-9(16)8(15)4-7/h2-6H,1H3,(H2,17,19)(H,18,20). The first-order valence-corrected chi connectivity index (χ1v) is 7.74. The van der Waals surface area contributed by atoms with Crippen LogP contribution in [-0.4, -0.2) is 23.0 Å². The van der Waals surface area contributed by atoms with Gasteiger partial charge in [0.1, 0.15) is 17.2 Å². The topological polar surface area (TPSA) is 86.8 Å². The number of thiazole rings is 1. The van der Waals surface area contributed by atoms with Crippen LogP contribution in [0.4, 0.5) is 15.2 Å². The molecule has 2 aromatic heterocycles. The number of aromatic nitrogens is 2. The van der Waals surface area contributed by atoms with Crippen LogP contribution in [0.15, 0.2) is 34.2 Å². The second-order valence-electron chi connectivity index (χ2n) is 4.49. The van der Waals surface area contributed by atoms with E-state index >= 15 is 0 Å². The molecule has 0 saturated heterocycles. The summed E-state index contributed by atoms with van der Waals surface area (Å²) in [6.07, 6.45) is 0. The Morgan fingerprint density at radius 2 is 2.22 bits per heavy atom. The SMILES string of the molecule is CNc1nc(-c2cc(C(=N)Nc3ccc(F)c(Cl)c3)no2)cs1. The summed E-state index contributed by atoms with van der Waals surface area (Å²) < 4.78 is 18.3. The van der Waals surface area contributed by atoms with Crippen LogP contribution in [0.2, 0.25) is 5.02 Å². The van der Waals surface area contributed by atoms with Crippen LogP contribution in [0.25, 0.3) is 11.5 Å². The fourth-order valence-electron chi connectivity index (χ4n) is 1.80. The predicted octanol–water partition coefficient (Wildman–Crippen LogP) is 4.07. The van der Waals surface area contributed by atoms with E-state index in [1.807, 2.05) is 5.38 Å². The molecule has 3 rings (SSSR count). The van der Waals surface area contributed by atoms with Gasteiger partial charge >= 0.3 is 0 Å². The molecule has 118 valence electrons. The molecule has 0 unspecified atom stereocenters. The number of nitrogens with zero attached hydrogens (tertiary/aromatic N) is 2. The van der Waals surface area contributed by atoms with E-state index in [-0.39, 0.29) is 10.9 Å². The first-order chi connectivity index (χ1) is 11.1. The van der Waals surface area contributed by atoms with Gasteiger partial charge in [-0.1, -0.05) is 16.8 Å². The summed E-state index contributed by atoms with van der Waals surface area (Å²) in [6.45, 7) is 0. The molecule has 9 heteroatoms. The molecule has 0 amide bonds. The van der Waals surface area contributed by atoms with E-state index in [1.54, 1.807) is 13.1 Å². The Hall–Kier alpha value is -2.45. The lowest BCUT2D eigenvalue weighted by Gasteiger charge is -2.05. The van der Waals surface area contributed by atoms with Gasteiger partial charge in [-0.2, -0.15) is 0 Å². The molecule has 0 radical (unpaired) electrons. The van der Waals surface area contributed by atoms with E-state index in [9.17, 15) is 4.39 Å². The minimum atomic E-state index is -0.517. The van der Waals surface area contributed by atoms with Crippen molar-refractivity contribution in [2.45, 2.75) is 0 Å². The van der Waals surface area contributed by atoms with E-state index in [4.69, 9.17) is 21.5 Å². The van der Waals surface area contributed by atoms with Crippen molar-refractivity contribution in [2.24, 2.45) is 0 Å². The maximum absolute atomic E-state index is 13.1. The molecule has 0 spiro atoms. The van der Waals surface area contributed by atoms with E-state index in [0.29, 0.717) is 22.8 Å². The Labute approximate surface area is 139 Å². The van der Waals surface area contributed by atoms with Crippen LogP contribution in [0.1, 0.15) is 5.69 Å². The van der Waals surface area contributed by atoms with E-state index in [0.717, 1.165) is 5.13 Å². The smallest absolute Gasteiger partial charge is 0.186 e. The van der Waals surface area contributed by atoms with Gasteiger partial charge in [0.25, 0.3) is 0 Å². The number of hydrogen-bond donors (Lipinski definition) is 3. The summed E-state index contributed by atoms with van der Waals surface area (Å²) in [7, 11) is 1.78. The molecule has 0 fully saturated rings. The van der Waals surface area contributed by atoms with Gasteiger partial charge in [0.05, 0.1) is 5.02 Å². The fraction of sp³-hybridized carbons (Fsp3) is 0.0714. The highest BCUT2D eigenvalue weighted by Crippen LogP contribution is 2.25. The predicted molar refractivity (Wildman–Crippen MR) is 89.0 cm³/mol. The molecule has 0 aliphatic carbocycles. The van der Waals surface area contributed by atoms with Crippen molar-refractivity contribution in [3.63, 3.8) is 0 Å². The Morgan fingerprint density at radius 3 is 2.91 bits per heavy atom. The van der Waals surface area contributed by atoms with Crippen molar-refractivity contribution in [3.8, 4) is 11.5 Å². The monoisotopic (exact) mass is 351 g/mol. The number of amidine groups is 1. The number of halogens is 2. The van der Waals surface area contributed by atoms with E-state index in [2.05, 4.69) is 20.8 Å². The zero-order valence-corrected chi connectivity index (χ0v) is 13.4. The molecule has 0 saturated carbocycles. The van der Waals surface area contributed by atoms with Crippen LogP contribution in [0.3, 0.4) is 0 Å². The van der Waals surface area contributed by atoms with Gasteiger partial charge in [0.15, 0.2) is 16.7 Å². The second-order valence-corrected chi connectivity index (χ2v) is 5.76. The zero-order valence-electron chi connectivity index (χ0n) is 11.9. The van der Waals surface area contributed by atoms with Crippen LogP contribution >= 0.6 is 22.9 Å². The van der Waals surface area contributed by atoms with Gasteiger partial charge in [-0.25, -0.2) is 9.37 Å². The lowest BCUT2D eigenvalue weighted by Crippen LogP contribution is -2.12. The third-order valence-electron chi connectivity index (χ3n) is 2.93. The Morgan fingerprint density at radius 1 is 1.39 bits per heavy atom. The van der Waals surface area contributed by atoms with Crippen molar-refractivity contribution >= 4 is 39.6 Å². The molecule has 2 heterocycles. The van der Waals surface area contributed by atoms with Crippen LogP contribution in [0.5, 0.6) is 0 Å². The molecule has 3 aromatic rings. The Balaban J connectivity index is 1.76. The van der Waals surface area contributed by atoms with E-state index < -0.39 is 5.82 Å². The molecule has 0 bridgehead atoms. The van der Waals surface area contributed by atoms with Crippen LogP contribution in [0, 0.1) is 11.2 Å². The van der Waals surface area contributed by atoms with Gasteiger partial charge in [-0.15, -0.1) is 11.3 Å². The molecule has 0 aliphatic rings. The average Bonchev–Trinajstić information content (AvgIpc) is 3.19. The highest BCUT2D eigenvalue weighted by Gasteiger charge is 2.14. The van der Waals surface area contributed by atoms with Gasteiger partial charge in [0, 0.05) is 24.2 Å². The number of rotatable bonds is 4. The first kappa shape index (κ1) is 15.4. The van der Waals surface area contributed by atoms with Gasteiger partial charge in [0.2, 0.25) is 0 Å². The zero-order chi connectivity index (χ0) is 16.4. The summed E-state index contributed by atoms with van der Waals surface area (Å²) in [6, 6.07) is 5.71. The summed E-state index contributed by atoms with van der Waals surface area (Å²) >= 11 is 7.15. The van der Waals surface area contributed by atoms with Crippen molar-refractivity contribution < 1.29 is 8.91 Å². The van der Waals surface area contributed by atoms with Gasteiger partial charge in [-0.05, 0) is 18.2 Å². The summed E-state index contributed by atoms with van der Waals surface area (Å²) in [5.41, 5.74) is 1.42. The van der Waals surface area contributed by atoms with Crippen molar-refractivity contribution in [3.05, 3.63) is 46.2 Å². The van der Waals surface area contributed by atoms with Crippen LogP contribution < -0.4 is 10.6 Å². The minimum absolute atomic E-state index is 0.00624. The van der Waals surface area contributed by atoms with Crippen molar-refractivity contribution in [1.82, 2.24) is 10.1 Å². The maximum Gasteiger partial charge on any atom is 0.186 e. The minimum Gasteiger partial charge on any atom is -0.365 e. The number of anilines is 2. The summed E-state index contributed by atoms with van der Waals surface area (Å²) in [5, 5.41) is 20.1. The molecule has 3 N–H and O–H groups in total. The molecule has 0 aliphatic heterocycles. The highest BCUT2D eigenvalue weighted by molar-refractivity contribution is 7.14. The highest BCUT2D eigenvalue weighted by atomic mass is 35.5. The van der Waals surface area contributed by atoms with Crippen molar-refractivity contribution in [1.29, 1.82) is 5.41 Å². The molecule has 6 nitrogen and oxygen atoms in total. The molecular formula is C14H11ClFN5OS. The number of nitrogens with one attached hydrogen (secondary N) is 3. The third kappa shape index (κ3) is 3.33. The summed E-state index contributed by atoms with van der Waals surface area (Å²) in [4.78, 5) is 4.30. The normalized spacial score (nSPS) is 10.6. The maximum atomic E-state index is 13.1. The van der Waals surface area contributed by atoms with Gasteiger partial charge in [-0.3, -0.25) is 5.41 Å². The quantitative estimate of drug-likeness (QED) is 0.487. The first-order valence-electron chi connectivity index (χ1n) is 6.48. The third-order valence-corrected chi connectivity index (χ3v) is 4.08. The Kier molecular flexibility index (Phi) is 4.26. The van der Waals surface area contributed by atoms with Crippen LogP contribution in [-0.2, 0) is 0 Å². The molecular weight excluding hydrogens is 341 g/mol. The Bertz CT molecular complexity index is 862. The second kappa shape index (κ2) is 6.35. The van der Waals surface area contributed by atoms with Gasteiger partial charge < -0.3 is 15.2 Å². The van der Waals surface area contributed by atoms with Crippen molar-refractivity contribution in [2.75, 3.05) is 17.7 Å². The molecule has 1 aromatic carbocycles. The fourth-order valence-corrected chi connectivity index (χ4v) is 2.64. The average molecular weight is 352 g/mol. The lowest BCUT2D eigenvalue weighted by atomic mass is 10.2. The summed E-state index contributed by atoms with van der Waals surface area (Å²) in [5.74, 6) is -0.0514. The largest absolute Gasteiger partial charge is 0.365 e. The lowest BCUT2D eigenvalue weighted by molar-refractivity contribution is 0.430. The molecule has 23 heavy (non-hydrogen) atoms. The number of benzene rings is 1.